The van der Waals surface area contributed by atoms with Crippen LogP contribution in [0.15, 0.2) is 30.3 Å². The summed E-state index contributed by atoms with van der Waals surface area (Å²) >= 11 is 7.26. The van der Waals surface area contributed by atoms with Gasteiger partial charge in [-0.05, 0) is 18.2 Å². The van der Waals surface area contributed by atoms with Gasteiger partial charge in [0, 0.05) is 17.0 Å². The van der Waals surface area contributed by atoms with Gasteiger partial charge in [0.05, 0.1) is 9.80 Å². The molecule has 0 unspecified atom stereocenters. The van der Waals surface area contributed by atoms with E-state index in [9.17, 15) is 10.1 Å². The number of hydrogen-bond donors (Lipinski definition) is 1. The van der Waals surface area contributed by atoms with E-state index in [1.165, 1.54) is 29.5 Å². The van der Waals surface area contributed by atoms with Crippen LogP contribution in [0.4, 0.5) is 5.69 Å². The maximum Gasteiger partial charge on any atom is 0.288 e. The second kappa shape index (κ2) is 7.09. The average molecular weight is 324 g/mol. The number of halogens is 1. The molecule has 0 aliphatic rings. The summed E-state index contributed by atoms with van der Waals surface area (Å²) in [6.07, 6.45) is 0. The molecule has 0 atom stereocenters. The van der Waals surface area contributed by atoms with Crippen LogP contribution in [-0.2, 0) is 6.61 Å². The predicted molar refractivity (Wildman–Crippen MR) is 80.7 cm³/mol. The number of ether oxygens (including phenoxy) is 1. The van der Waals surface area contributed by atoms with Crippen LogP contribution in [0.1, 0.15) is 9.75 Å². The van der Waals surface area contributed by atoms with E-state index in [1.54, 1.807) is 0 Å². The van der Waals surface area contributed by atoms with Crippen LogP contribution < -0.4 is 4.74 Å². The van der Waals surface area contributed by atoms with Crippen molar-refractivity contribution >= 4 is 28.6 Å². The van der Waals surface area contributed by atoms with Crippen LogP contribution in [0.5, 0.6) is 5.75 Å². The summed E-state index contributed by atoms with van der Waals surface area (Å²) in [6.45, 7) is 0.143. The minimum absolute atomic E-state index is 0.0400. The summed E-state index contributed by atoms with van der Waals surface area (Å²) in [4.78, 5) is 11.9. The third-order valence-electron chi connectivity index (χ3n) is 2.45. The highest BCUT2D eigenvalue weighted by atomic mass is 35.5. The molecule has 0 bridgehead atoms. The fourth-order valence-electron chi connectivity index (χ4n) is 1.53. The van der Waals surface area contributed by atoms with Gasteiger partial charge in [0.2, 0.25) is 0 Å². The Morgan fingerprint density at radius 2 is 2.19 bits per heavy atom. The number of aliphatic hydroxyl groups excluding tert-OH is 1. The van der Waals surface area contributed by atoms with Crippen molar-refractivity contribution in [2.75, 3.05) is 6.61 Å². The van der Waals surface area contributed by atoms with Crippen molar-refractivity contribution < 1.29 is 14.8 Å². The Balaban J connectivity index is 2.01. The Morgan fingerprint density at radius 1 is 1.38 bits per heavy atom. The molecule has 2 rings (SSSR count). The number of nitro groups is 1. The van der Waals surface area contributed by atoms with Crippen molar-refractivity contribution in [1.29, 1.82) is 0 Å². The number of hydrogen-bond acceptors (Lipinski definition) is 5. The Kier molecular flexibility index (Phi) is 5.17. The molecule has 7 heteroatoms. The fraction of sp³-hybridized carbons (Fsp3) is 0.143. The third kappa shape index (κ3) is 4.20. The summed E-state index contributed by atoms with van der Waals surface area (Å²) in [7, 11) is 0. The topological polar surface area (TPSA) is 72.6 Å². The average Bonchev–Trinajstić information content (AvgIpc) is 2.90. The van der Waals surface area contributed by atoms with Crippen LogP contribution in [-0.4, -0.2) is 16.6 Å². The highest BCUT2D eigenvalue weighted by molar-refractivity contribution is 7.12. The van der Waals surface area contributed by atoms with Crippen molar-refractivity contribution in [3.05, 3.63) is 55.2 Å². The van der Waals surface area contributed by atoms with E-state index in [4.69, 9.17) is 21.4 Å². The summed E-state index contributed by atoms with van der Waals surface area (Å²) in [5.74, 6) is 5.84. The molecule has 2 aromatic rings. The lowest BCUT2D eigenvalue weighted by Gasteiger charge is -2.04. The number of nitro benzene ring substituents is 1. The summed E-state index contributed by atoms with van der Waals surface area (Å²) in [5.41, 5.74) is -0.151. The SMILES string of the molecule is O=[N+]([O-])c1ccc(OCc2ccc(C#CCO)s2)cc1Cl. The third-order valence-corrected chi connectivity index (χ3v) is 3.73. The van der Waals surface area contributed by atoms with Crippen LogP contribution in [0.2, 0.25) is 5.02 Å². The van der Waals surface area contributed by atoms with Crippen molar-refractivity contribution in [2.45, 2.75) is 6.61 Å². The number of aliphatic hydroxyl groups is 1. The van der Waals surface area contributed by atoms with Gasteiger partial charge in [0.25, 0.3) is 5.69 Å². The lowest BCUT2D eigenvalue weighted by atomic mass is 10.3. The molecule has 21 heavy (non-hydrogen) atoms. The quantitative estimate of drug-likeness (QED) is 0.532. The molecule has 5 nitrogen and oxygen atoms in total. The first kappa shape index (κ1) is 15.3. The van der Waals surface area contributed by atoms with Crippen molar-refractivity contribution in [2.24, 2.45) is 0 Å². The van der Waals surface area contributed by atoms with Gasteiger partial charge in [0.1, 0.15) is 24.0 Å². The number of benzene rings is 1. The van der Waals surface area contributed by atoms with Gasteiger partial charge >= 0.3 is 0 Å². The lowest BCUT2D eigenvalue weighted by Crippen LogP contribution is -1.94. The molecule has 1 aromatic carbocycles. The van der Waals surface area contributed by atoms with Crippen molar-refractivity contribution in [1.82, 2.24) is 0 Å². The molecule has 0 saturated carbocycles. The molecule has 1 aromatic heterocycles. The molecule has 0 radical (unpaired) electrons. The van der Waals surface area contributed by atoms with Gasteiger partial charge in [-0.2, -0.15) is 0 Å². The second-order valence-corrected chi connectivity index (χ2v) is 5.46. The van der Waals surface area contributed by atoms with Gasteiger partial charge in [-0.25, -0.2) is 0 Å². The van der Waals surface area contributed by atoms with Gasteiger partial charge < -0.3 is 9.84 Å². The number of thiophene rings is 1. The zero-order valence-electron chi connectivity index (χ0n) is 10.7. The standard InChI is InChI=1S/C14H10ClNO4S/c15-13-8-10(3-6-14(13)16(18)19)20-9-12-5-4-11(21-12)2-1-7-17/h3-6,8,17H,7,9H2. The van der Waals surface area contributed by atoms with E-state index in [0.29, 0.717) is 12.4 Å². The first-order valence-corrected chi connectivity index (χ1v) is 7.05. The summed E-state index contributed by atoms with van der Waals surface area (Å²) < 4.78 is 5.53. The first-order valence-electron chi connectivity index (χ1n) is 5.85. The van der Waals surface area contributed by atoms with Gasteiger partial charge in [0.15, 0.2) is 0 Å². The Morgan fingerprint density at radius 3 is 2.86 bits per heavy atom. The van der Waals surface area contributed by atoms with Crippen LogP contribution in [0.3, 0.4) is 0 Å². The zero-order valence-corrected chi connectivity index (χ0v) is 12.3. The molecule has 0 fully saturated rings. The minimum atomic E-state index is -0.544. The maximum atomic E-state index is 10.7. The van der Waals surface area contributed by atoms with E-state index in [0.717, 1.165) is 9.75 Å². The molecule has 1 heterocycles. The van der Waals surface area contributed by atoms with Crippen molar-refractivity contribution in [3.8, 4) is 17.6 Å². The summed E-state index contributed by atoms with van der Waals surface area (Å²) in [6, 6.07) is 7.95. The molecule has 0 saturated heterocycles. The largest absolute Gasteiger partial charge is 0.488 e. The molecular formula is C14H10ClNO4S. The number of rotatable bonds is 4. The summed E-state index contributed by atoms with van der Waals surface area (Å²) in [5, 5.41) is 19.3. The Labute approximate surface area is 129 Å². The minimum Gasteiger partial charge on any atom is -0.488 e. The molecule has 0 aliphatic carbocycles. The molecule has 1 N–H and O–H groups in total. The molecular weight excluding hydrogens is 314 g/mol. The van der Waals surface area contributed by atoms with Crippen LogP contribution in [0.25, 0.3) is 0 Å². The fourth-order valence-corrected chi connectivity index (χ4v) is 2.56. The molecule has 108 valence electrons. The smallest absolute Gasteiger partial charge is 0.288 e. The Bertz CT molecular complexity index is 717. The van der Waals surface area contributed by atoms with Gasteiger partial charge in [-0.15, -0.1) is 11.3 Å². The lowest BCUT2D eigenvalue weighted by molar-refractivity contribution is -0.384. The van der Waals surface area contributed by atoms with Crippen LogP contribution >= 0.6 is 22.9 Å². The molecule has 0 spiro atoms. The number of nitrogens with zero attached hydrogens (tertiary/aromatic N) is 1. The first-order chi connectivity index (χ1) is 10.1. The maximum absolute atomic E-state index is 10.7. The van der Waals surface area contributed by atoms with Crippen molar-refractivity contribution in [3.63, 3.8) is 0 Å². The molecule has 0 aliphatic heterocycles. The Hall–Kier alpha value is -2.07. The van der Waals surface area contributed by atoms with Gasteiger partial charge in [-0.3, -0.25) is 10.1 Å². The molecule has 0 amide bonds. The van der Waals surface area contributed by atoms with E-state index >= 15 is 0 Å². The monoisotopic (exact) mass is 323 g/mol. The second-order valence-electron chi connectivity index (χ2n) is 3.88. The zero-order chi connectivity index (χ0) is 15.2. The van der Waals surface area contributed by atoms with E-state index in [2.05, 4.69) is 11.8 Å². The normalized spacial score (nSPS) is 9.81. The van der Waals surface area contributed by atoms with E-state index < -0.39 is 4.92 Å². The van der Waals surface area contributed by atoms with Gasteiger partial charge in [-0.1, -0.05) is 23.4 Å². The van der Waals surface area contributed by atoms with E-state index in [-0.39, 0.29) is 17.3 Å². The predicted octanol–water partition coefficient (Wildman–Crippen LogP) is 3.23. The highest BCUT2D eigenvalue weighted by Gasteiger charge is 2.12. The highest BCUT2D eigenvalue weighted by Crippen LogP contribution is 2.29. The van der Waals surface area contributed by atoms with Crippen LogP contribution in [0, 0.1) is 22.0 Å². The van der Waals surface area contributed by atoms with E-state index in [1.807, 2.05) is 12.1 Å².